The number of rotatable bonds is 6. The Hall–Kier alpha value is -0.340. The highest BCUT2D eigenvalue weighted by atomic mass is 16.3. The Labute approximate surface area is 94.0 Å². The number of aliphatic hydroxyl groups excluding tert-OH is 1. The Bertz CT molecular complexity index is 181. The van der Waals surface area contributed by atoms with E-state index in [0.29, 0.717) is 6.04 Å². The van der Waals surface area contributed by atoms with Crippen LogP contribution in [0.2, 0.25) is 0 Å². The lowest BCUT2D eigenvalue weighted by molar-refractivity contribution is 0.0236. The van der Waals surface area contributed by atoms with Crippen molar-refractivity contribution in [2.24, 2.45) is 0 Å². The van der Waals surface area contributed by atoms with Gasteiger partial charge in [-0.1, -0.05) is 19.4 Å². The summed E-state index contributed by atoms with van der Waals surface area (Å²) in [4.78, 5) is 2.47. The molecule has 0 aliphatic carbocycles. The van der Waals surface area contributed by atoms with Gasteiger partial charge >= 0.3 is 0 Å². The number of likely N-dealkylation sites (tertiary alicyclic amines) is 1. The maximum atomic E-state index is 9.95. The van der Waals surface area contributed by atoms with Crippen LogP contribution in [0.15, 0.2) is 12.7 Å². The van der Waals surface area contributed by atoms with Gasteiger partial charge in [-0.05, 0) is 45.2 Å². The van der Waals surface area contributed by atoms with Crippen molar-refractivity contribution in [2.45, 2.75) is 57.6 Å². The predicted molar refractivity (Wildman–Crippen MR) is 64.9 cm³/mol. The number of unbranched alkanes of at least 4 members (excludes halogenated alkanes) is 1. The highest BCUT2D eigenvalue weighted by molar-refractivity contribution is 4.82. The van der Waals surface area contributed by atoms with Crippen molar-refractivity contribution in [1.29, 1.82) is 0 Å². The summed E-state index contributed by atoms with van der Waals surface area (Å²) < 4.78 is 0. The van der Waals surface area contributed by atoms with Gasteiger partial charge in [-0.2, -0.15) is 0 Å². The van der Waals surface area contributed by atoms with Crippen molar-refractivity contribution in [1.82, 2.24) is 4.90 Å². The molecule has 1 saturated heterocycles. The van der Waals surface area contributed by atoms with Gasteiger partial charge in [0.15, 0.2) is 0 Å². The van der Waals surface area contributed by atoms with Crippen LogP contribution in [0.5, 0.6) is 0 Å². The molecular formula is C13H25NO. The molecule has 0 aromatic carbocycles. The molecule has 0 aromatic heterocycles. The lowest BCUT2D eigenvalue weighted by Gasteiger charge is -2.38. The fourth-order valence-electron chi connectivity index (χ4n) is 2.44. The molecule has 0 saturated carbocycles. The van der Waals surface area contributed by atoms with Gasteiger partial charge in [0.05, 0.1) is 6.10 Å². The van der Waals surface area contributed by atoms with Crippen LogP contribution in [-0.4, -0.2) is 35.2 Å². The smallest absolute Gasteiger partial charge is 0.0692 e. The second-order valence-electron chi connectivity index (χ2n) is 4.51. The SMILES string of the molecule is C=CCCCN1CCCCC1C(O)CC. The molecule has 1 heterocycles. The van der Waals surface area contributed by atoms with E-state index in [4.69, 9.17) is 0 Å². The maximum absolute atomic E-state index is 9.95. The average Bonchev–Trinajstić information content (AvgIpc) is 2.29. The number of piperidine rings is 1. The summed E-state index contributed by atoms with van der Waals surface area (Å²) in [6, 6.07) is 0.411. The quantitative estimate of drug-likeness (QED) is 0.539. The van der Waals surface area contributed by atoms with Gasteiger partial charge in [-0.25, -0.2) is 0 Å². The molecule has 88 valence electrons. The predicted octanol–water partition coefficient (Wildman–Crippen LogP) is 2.58. The van der Waals surface area contributed by atoms with E-state index in [0.717, 1.165) is 19.4 Å². The van der Waals surface area contributed by atoms with Crippen LogP contribution in [0.4, 0.5) is 0 Å². The molecule has 2 atom stereocenters. The molecule has 2 heteroatoms. The van der Waals surface area contributed by atoms with E-state index in [-0.39, 0.29) is 6.10 Å². The molecule has 1 N–H and O–H groups in total. The van der Waals surface area contributed by atoms with E-state index in [1.807, 2.05) is 6.08 Å². The molecule has 2 unspecified atom stereocenters. The van der Waals surface area contributed by atoms with E-state index in [1.165, 1.54) is 32.2 Å². The van der Waals surface area contributed by atoms with Crippen LogP contribution < -0.4 is 0 Å². The summed E-state index contributed by atoms with van der Waals surface area (Å²) >= 11 is 0. The number of nitrogens with zero attached hydrogens (tertiary/aromatic N) is 1. The highest BCUT2D eigenvalue weighted by Crippen LogP contribution is 2.21. The van der Waals surface area contributed by atoms with E-state index >= 15 is 0 Å². The molecule has 0 amide bonds. The first-order chi connectivity index (χ1) is 7.29. The molecule has 1 aliphatic rings. The second-order valence-corrected chi connectivity index (χ2v) is 4.51. The van der Waals surface area contributed by atoms with Crippen molar-refractivity contribution in [3.8, 4) is 0 Å². The monoisotopic (exact) mass is 211 g/mol. The van der Waals surface area contributed by atoms with Crippen LogP contribution in [0, 0.1) is 0 Å². The summed E-state index contributed by atoms with van der Waals surface area (Å²) in [6.07, 6.45) is 8.73. The number of aliphatic hydroxyl groups is 1. The first-order valence-corrected chi connectivity index (χ1v) is 6.32. The molecular weight excluding hydrogens is 186 g/mol. The lowest BCUT2D eigenvalue weighted by Crippen LogP contribution is -2.46. The first-order valence-electron chi connectivity index (χ1n) is 6.32. The fraction of sp³-hybridized carbons (Fsp3) is 0.846. The number of hydrogen-bond acceptors (Lipinski definition) is 2. The second kappa shape index (κ2) is 7.02. The van der Waals surface area contributed by atoms with Crippen LogP contribution in [-0.2, 0) is 0 Å². The van der Waals surface area contributed by atoms with Crippen LogP contribution in [0.3, 0.4) is 0 Å². The zero-order valence-corrected chi connectivity index (χ0v) is 9.99. The minimum absolute atomic E-state index is 0.131. The number of allylic oxidation sites excluding steroid dienone is 1. The highest BCUT2D eigenvalue weighted by Gasteiger charge is 2.26. The Balaban J connectivity index is 2.38. The van der Waals surface area contributed by atoms with Gasteiger partial charge in [0, 0.05) is 6.04 Å². The van der Waals surface area contributed by atoms with Crippen molar-refractivity contribution >= 4 is 0 Å². The lowest BCUT2D eigenvalue weighted by atomic mass is 9.95. The number of hydrogen-bond donors (Lipinski definition) is 1. The van der Waals surface area contributed by atoms with Gasteiger partial charge in [-0.3, -0.25) is 4.90 Å². The molecule has 15 heavy (non-hydrogen) atoms. The summed E-state index contributed by atoms with van der Waals surface area (Å²) in [5.41, 5.74) is 0. The van der Waals surface area contributed by atoms with E-state index in [1.54, 1.807) is 0 Å². The van der Waals surface area contributed by atoms with E-state index < -0.39 is 0 Å². The van der Waals surface area contributed by atoms with E-state index in [2.05, 4.69) is 18.4 Å². The largest absolute Gasteiger partial charge is 0.392 e. The van der Waals surface area contributed by atoms with Gasteiger partial charge in [0.2, 0.25) is 0 Å². The van der Waals surface area contributed by atoms with Crippen LogP contribution in [0.25, 0.3) is 0 Å². The Kier molecular flexibility index (Phi) is 5.96. The zero-order valence-electron chi connectivity index (χ0n) is 9.99. The van der Waals surface area contributed by atoms with Crippen molar-refractivity contribution < 1.29 is 5.11 Å². The van der Waals surface area contributed by atoms with Crippen LogP contribution >= 0.6 is 0 Å². The molecule has 0 bridgehead atoms. The third-order valence-corrected chi connectivity index (χ3v) is 3.38. The van der Waals surface area contributed by atoms with Crippen molar-refractivity contribution in [3.05, 3.63) is 12.7 Å². The van der Waals surface area contributed by atoms with Crippen LogP contribution in [0.1, 0.15) is 45.4 Å². The Morgan fingerprint density at radius 3 is 3.00 bits per heavy atom. The minimum atomic E-state index is -0.131. The molecule has 0 radical (unpaired) electrons. The first kappa shape index (κ1) is 12.7. The van der Waals surface area contributed by atoms with Crippen molar-refractivity contribution in [3.63, 3.8) is 0 Å². The minimum Gasteiger partial charge on any atom is -0.392 e. The summed E-state index contributed by atoms with van der Waals surface area (Å²) in [7, 11) is 0. The molecule has 2 nitrogen and oxygen atoms in total. The van der Waals surface area contributed by atoms with Gasteiger partial charge in [-0.15, -0.1) is 6.58 Å². The molecule has 1 aliphatic heterocycles. The maximum Gasteiger partial charge on any atom is 0.0692 e. The summed E-state index contributed by atoms with van der Waals surface area (Å²) in [6.45, 7) is 8.10. The third-order valence-electron chi connectivity index (χ3n) is 3.38. The zero-order chi connectivity index (χ0) is 11.1. The normalized spacial score (nSPS) is 25.1. The van der Waals surface area contributed by atoms with Gasteiger partial charge in [0.1, 0.15) is 0 Å². The molecule has 1 fully saturated rings. The van der Waals surface area contributed by atoms with Crippen molar-refractivity contribution in [2.75, 3.05) is 13.1 Å². The van der Waals surface area contributed by atoms with Gasteiger partial charge < -0.3 is 5.11 Å². The summed E-state index contributed by atoms with van der Waals surface area (Å²) in [5.74, 6) is 0. The summed E-state index contributed by atoms with van der Waals surface area (Å²) in [5, 5.41) is 9.95. The van der Waals surface area contributed by atoms with E-state index in [9.17, 15) is 5.11 Å². The molecule has 0 spiro atoms. The topological polar surface area (TPSA) is 23.5 Å². The molecule has 1 rings (SSSR count). The third kappa shape index (κ3) is 3.96. The van der Waals surface area contributed by atoms with Gasteiger partial charge in [0.25, 0.3) is 0 Å². The average molecular weight is 211 g/mol. The Morgan fingerprint density at radius 2 is 2.33 bits per heavy atom. The Morgan fingerprint density at radius 1 is 1.53 bits per heavy atom. The molecule has 0 aromatic rings. The standard InChI is InChI=1S/C13H25NO/c1-3-5-7-10-14-11-8-6-9-12(14)13(15)4-2/h3,12-13,15H,1,4-11H2,2H3. The fourth-order valence-corrected chi connectivity index (χ4v) is 2.44.